The van der Waals surface area contributed by atoms with Gasteiger partial charge in [-0.2, -0.15) is 0 Å². The lowest BCUT2D eigenvalue weighted by atomic mass is 9.85. The molecule has 0 amide bonds. The van der Waals surface area contributed by atoms with Gasteiger partial charge < -0.3 is 15.0 Å². The van der Waals surface area contributed by atoms with Crippen molar-refractivity contribution in [2.45, 2.75) is 18.4 Å². The standard InChI is InChI=1S/C13H16ClN3O/c1-13(7-18-6-11(13)15)12-16-9-4-3-8(14)5-10(9)17(12)2/h3-5,11H,6-7,15H2,1-2H3. The Labute approximate surface area is 111 Å². The van der Waals surface area contributed by atoms with Crippen LogP contribution in [0.25, 0.3) is 11.0 Å². The van der Waals surface area contributed by atoms with E-state index in [-0.39, 0.29) is 11.5 Å². The molecule has 2 heterocycles. The zero-order valence-electron chi connectivity index (χ0n) is 10.5. The fourth-order valence-corrected chi connectivity index (χ4v) is 2.76. The Kier molecular flexibility index (Phi) is 2.62. The summed E-state index contributed by atoms with van der Waals surface area (Å²) >= 11 is 6.03. The van der Waals surface area contributed by atoms with E-state index in [1.54, 1.807) is 0 Å². The highest BCUT2D eigenvalue weighted by Gasteiger charge is 2.42. The lowest BCUT2D eigenvalue weighted by Gasteiger charge is -2.26. The van der Waals surface area contributed by atoms with E-state index in [0.29, 0.717) is 18.2 Å². The van der Waals surface area contributed by atoms with Crippen LogP contribution in [0, 0.1) is 0 Å². The van der Waals surface area contributed by atoms with Gasteiger partial charge in [-0.1, -0.05) is 11.6 Å². The maximum absolute atomic E-state index is 6.16. The van der Waals surface area contributed by atoms with Crippen molar-refractivity contribution >= 4 is 22.6 Å². The average Bonchev–Trinajstić information content (AvgIpc) is 2.83. The first-order valence-corrected chi connectivity index (χ1v) is 6.36. The van der Waals surface area contributed by atoms with Crippen LogP contribution in [0.1, 0.15) is 12.7 Å². The quantitative estimate of drug-likeness (QED) is 0.856. The number of ether oxygens (including phenoxy) is 1. The fraction of sp³-hybridized carbons (Fsp3) is 0.462. The molecule has 2 aromatic rings. The van der Waals surface area contributed by atoms with Crippen LogP contribution in [0.15, 0.2) is 18.2 Å². The number of nitrogens with two attached hydrogens (primary N) is 1. The van der Waals surface area contributed by atoms with E-state index in [9.17, 15) is 0 Å². The van der Waals surface area contributed by atoms with Crippen LogP contribution in [0.3, 0.4) is 0 Å². The van der Waals surface area contributed by atoms with Crippen molar-refractivity contribution in [3.05, 3.63) is 29.0 Å². The summed E-state index contributed by atoms with van der Waals surface area (Å²) in [6.07, 6.45) is 0. The van der Waals surface area contributed by atoms with Crippen LogP contribution in [0.5, 0.6) is 0 Å². The van der Waals surface area contributed by atoms with E-state index in [2.05, 4.69) is 11.5 Å². The first-order chi connectivity index (χ1) is 8.52. The Morgan fingerprint density at radius 1 is 1.56 bits per heavy atom. The number of imidazole rings is 1. The topological polar surface area (TPSA) is 53.1 Å². The summed E-state index contributed by atoms with van der Waals surface area (Å²) in [5.41, 5.74) is 7.89. The van der Waals surface area contributed by atoms with E-state index >= 15 is 0 Å². The molecule has 1 aliphatic heterocycles. The molecule has 0 aliphatic carbocycles. The number of benzene rings is 1. The maximum atomic E-state index is 6.16. The molecular formula is C13H16ClN3O. The van der Waals surface area contributed by atoms with E-state index in [1.165, 1.54) is 0 Å². The Morgan fingerprint density at radius 3 is 3.00 bits per heavy atom. The van der Waals surface area contributed by atoms with Gasteiger partial charge in [-0.05, 0) is 25.1 Å². The molecule has 5 heteroatoms. The van der Waals surface area contributed by atoms with Crippen molar-refractivity contribution in [3.63, 3.8) is 0 Å². The van der Waals surface area contributed by atoms with Gasteiger partial charge in [0.1, 0.15) is 5.82 Å². The second-order valence-corrected chi connectivity index (χ2v) is 5.60. The predicted molar refractivity (Wildman–Crippen MR) is 71.9 cm³/mol. The lowest BCUT2D eigenvalue weighted by Crippen LogP contribution is -2.43. The normalized spacial score (nSPS) is 28.1. The highest BCUT2D eigenvalue weighted by atomic mass is 35.5. The minimum atomic E-state index is -0.236. The zero-order chi connectivity index (χ0) is 12.9. The van der Waals surface area contributed by atoms with Crippen molar-refractivity contribution < 1.29 is 4.74 Å². The first kappa shape index (κ1) is 12.0. The van der Waals surface area contributed by atoms with Gasteiger partial charge in [0.2, 0.25) is 0 Å². The third-order valence-corrected chi connectivity index (χ3v) is 4.11. The number of halogens is 1. The molecule has 2 atom stereocenters. The maximum Gasteiger partial charge on any atom is 0.119 e. The molecule has 0 saturated carbocycles. The van der Waals surface area contributed by atoms with Gasteiger partial charge in [-0.25, -0.2) is 4.98 Å². The molecule has 1 aromatic carbocycles. The van der Waals surface area contributed by atoms with Crippen LogP contribution in [-0.2, 0) is 17.2 Å². The summed E-state index contributed by atoms with van der Waals surface area (Å²) in [4.78, 5) is 4.70. The van der Waals surface area contributed by atoms with Crippen LogP contribution < -0.4 is 5.73 Å². The average molecular weight is 266 g/mol. The predicted octanol–water partition coefficient (Wildman–Crippen LogP) is 1.84. The smallest absolute Gasteiger partial charge is 0.119 e. The Morgan fingerprint density at radius 2 is 2.33 bits per heavy atom. The molecule has 1 saturated heterocycles. The molecule has 3 rings (SSSR count). The lowest BCUT2D eigenvalue weighted by molar-refractivity contribution is 0.177. The number of aromatic nitrogens is 2. The minimum Gasteiger partial charge on any atom is -0.379 e. The molecule has 2 unspecified atom stereocenters. The summed E-state index contributed by atoms with van der Waals surface area (Å²) in [5, 5.41) is 0.717. The van der Waals surface area contributed by atoms with Gasteiger partial charge in [-0.15, -0.1) is 0 Å². The second kappa shape index (κ2) is 3.95. The van der Waals surface area contributed by atoms with Crippen molar-refractivity contribution in [3.8, 4) is 0 Å². The second-order valence-electron chi connectivity index (χ2n) is 5.17. The highest BCUT2D eigenvalue weighted by molar-refractivity contribution is 6.31. The molecular weight excluding hydrogens is 250 g/mol. The van der Waals surface area contributed by atoms with Gasteiger partial charge >= 0.3 is 0 Å². The van der Waals surface area contributed by atoms with Gasteiger partial charge in [0, 0.05) is 18.1 Å². The molecule has 0 bridgehead atoms. The molecule has 0 spiro atoms. The zero-order valence-corrected chi connectivity index (χ0v) is 11.2. The van der Waals surface area contributed by atoms with Crippen LogP contribution in [-0.4, -0.2) is 28.8 Å². The molecule has 2 N–H and O–H groups in total. The SMILES string of the molecule is Cn1c(C2(C)COCC2N)nc2ccc(Cl)cc21. The van der Waals surface area contributed by atoms with Crippen molar-refractivity contribution in [2.24, 2.45) is 12.8 Å². The number of rotatable bonds is 1. The van der Waals surface area contributed by atoms with Crippen molar-refractivity contribution in [1.82, 2.24) is 9.55 Å². The number of hydrogen-bond acceptors (Lipinski definition) is 3. The Bertz CT molecular complexity index is 610. The summed E-state index contributed by atoms with van der Waals surface area (Å²) in [6, 6.07) is 5.70. The van der Waals surface area contributed by atoms with Crippen LogP contribution >= 0.6 is 11.6 Å². The third-order valence-electron chi connectivity index (χ3n) is 3.87. The van der Waals surface area contributed by atoms with Crippen molar-refractivity contribution in [2.75, 3.05) is 13.2 Å². The number of hydrogen-bond donors (Lipinski definition) is 1. The Hall–Kier alpha value is -1.10. The molecule has 96 valence electrons. The van der Waals surface area contributed by atoms with Crippen molar-refractivity contribution in [1.29, 1.82) is 0 Å². The molecule has 1 aliphatic rings. The molecule has 1 aromatic heterocycles. The van der Waals surface area contributed by atoms with Gasteiger partial charge in [0.15, 0.2) is 0 Å². The van der Waals surface area contributed by atoms with Crippen LogP contribution in [0.2, 0.25) is 5.02 Å². The monoisotopic (exact) mass is 265 g/mol. The van der Waals surface area contributed by atoms with Gasteiger partial charge in [0.25, 0.3) is 0 Å². The summed E-state index contributed by atoms with van der Waals surface area (Å²) in [7, 11) is 2.00. The third kappa shape index (κ3) is 1.56. The number of fused-ring (bicyclic) bond motifs is 1. The molecule has 4 nitrogen and oxygen atoms in total. The molecule has 18 heavy (non-hydrogen) atoms. The largest absolute Gasteiger partial charge is 0.379 e. The summed E-state index contributed by atoms with van der Waals surface area (Å²) < 4.78 is 7.56. The van der Waals surface area contributed by atoms with E-state index in [4.69, 9.17) is 27.1 Å². The van der Waals surface area contributed by atoms with Gasteiger partial charge in [-0.3, -0.25) is 0 Å². The number of aryl methyl sites for hydroxylation is 1. The van der Waals surface area contributed by atoms with Crippen LogP contribution in [0.4, 0.5) is 0 Å². The first-order valence-electron chi connectivity index (χ1n) is 5.98. The number of nitrogens with zero attached hydrogens (tertiary/aromatic N) is 2. The van der Waals surface area contributed by atoms with E-state index in [0.717, 1.165) is 16.9 Å². The van der Waals surface area contributed by atoms with E-state index in [1.807, 2.05) is 25.2 Å². The Balaban J connectivity index is 2.21. The molecule has 1 fully saturated rings. The minimum absolute atomic E-state index is 0.0246. The summed E-state index contributed by atoms with van der Waals surface area (Å²) in [6.45, 7) is 3.30. The van der Waals surface area contributed by atoms with Gasteiger partial charge in [0.05, 0.1) is 29.7 Å². The molecule has 0 radical (unpaired) electrons. The fourth-order valence-electron chi connectivity index (χ4n) is 2.59. The summed E-state index contributed by atoms with van der Waals surface area (Å²) in [5.74, 6) is 0.963. The highest BCUT2D eigenvalue weighted by Crippen LogP contribution is 2.33. The van der Waals surface area contributed by atoms with E-state index < -0.39 is 0 Å².